The van der Waals surface area contributed by atoms with Crippen LogP contribution in [0, 0.1) is 5.92 Å². The van der Waals surface area contributed by atoms with Crippen molar-refractivity contribution in [1.82, 2.24) is 14.8 Å². The SMILES string of the molecule is NC1Cc2cc(Br)ccc2-n2c(nnc2C2CCC(C(F)(F)F)CC2)C1. The monoisotopic (exact) mass is 428 g/mol. The second-order valence-electron chi connectivity index (χ2n) is 7.34. The van der Waals surface area contributed by atoms with Crippen molar-refractivity contribution < 1.29 is 13.2 Å². The minimum Gasteiger partial charge on any atom is -0.327 e. The first-order valence-electron chi connectivity index (χ1n) is 8.88. The van der Waals surface area contributed by atoms with Crippen LogP contribution in [0.3, 0.4) is 0 Å². The molecule has 0 saturated heterocycles. The van der Waals surface area contributed by atoms with E-state index in [4.69, 9.17) is 5.73 Å². The Morgan fingerprint density at radius 3 is 2.50 bits per heavy atom. The molecule has 2 heterocycles. The predicted octanol–water partition coefficient (Wildman–Crippen LogP) is 4.29. The van der Waals surface area contributed by atoms with Crippen LogP contribution in [0.2, 0.25) is 0 Å². The zero-order chi connectivity index (χ0) is 18.5. The van der Waals surface area contributed by atoms with Gasteiger partial charge in [-0.25, -0.2) is 0 Å². The van der Waals surface area contributed by atoms with Crippen LogP contribution in [0.25, 0.3) is 5.69 Å². The normalized spacial score (nSPS) is 26.1. The number of nitrogens with two attached hydrogens (primary N) is 1. The van der Waals surface area contributed by atoms with Gasteiger partial charge in [0.25, 0.3) is 0 Å². The van der Waals surface area contributed by atoms with Gasteiger partial charge < -0.3 is 5.73 Å². The lowest BCUT2D eigenvalue weighted by Gasteiger charge is -2.29. The molecule has 1 saturated carbocycles. The molecule has 2 aliphatic rings. The maximum Gasteiger partial charge on any atom is 0.391 e. The zero-order valence-electron chi connectivity index (χ0n) is 14.1. The van der Waals surface area contributed by atoms with E-state index in [0.717, 1.165) is 33.8 Å². The minimum absolute atomic E-state index is 0.000622. The van der Waals surface area contributed by atoms with Crippen molar-refractivity contribution in [1.29, 1.82) is 0 Å². The molecule has 140 valence electrons. The van der Waals surface area contributed by atoms with Crippen LogP contribution >= 0.6 is 15.9 Å². The number of hydrogen-bond donors (Lipinski definition) is 1. The van der Waals surface area contributed by atoms with Crippen molar-refractivity contribution in [2.75, 3.05) is 0 Å². The molecule has 1 aliphatic carbocycles. The first-order valence-corrected chi connectivity index (χ1v) is 9.67. The van der Waals surface area contributed by atoms with Crippen LogP contribution in [0.1, 0.15) is 48.8 Å². The quantitative estimate of drug-likeness (QED) is 0.736. The molecule has 0 bridgehead atoms. The lowest BCUT2D eigenvalue weighted by molar-refractivity contribution is -0.182. The van der Waals surface area contributed by atoms with E-state index in [1.165, 1.54) is 0 Å². The van der Waals surface area contributed by atoms with Crippen LogP contribution in [-0.4, -0.2) is 27.0 Å². The Bertz CT molecular complexity index is 809. The van der Waals surface area contributed by atoms with Gasteiger partial charge in [0, 0.05) is 22.9 Å². The summed E-state index contributed by atoms with van der Waals surface area (Å²) in [5.41, 5.74) is 8.35. The van der Waals surface area contributed by atoms with E-state index in [2.05, 4.69) is 32.2 Å². The lowest BCUT2D eigenvalue weighted by Crippen LogP contribution is -2.28. The molecule has 0 amide bonds. The Kier molecular flexibility index (Phi) is 4.59. The summed E-state index contributed by atoms with van der Waals surface area (Å²) >= 11 is 3.50. The lowest BCUT2D eigenvalue weighted by atomic mass is 9.81. The van der Waals surface area contributed by atoms with Gasteiger partial charge in [-0.15, -0.1) is 10.2 Å². The third kappa shape index (κ3) is 3.29. The maximum absolute atomic E-state index is 13.0. The van der Waals surface area contributed by atoms with Crippen molar-refractivity contribution in [2.24, 2.45) is 11.7 Å². The van der Waals surface area contributed by atoms with Gasteiger partial charge in [0.1, 0.15) is 11.6 Å². The molecule has 1 aliphatic heterocycles. The number of alkyl halides is 3. The van der Waals surface area contributed by atoms with Crippen LogP contribution in [0.15, 0.2) is 22.7 Å². The fourth-order valence-electron chi connectivity index (χ4n) is 4.19. The first-order chi connectivity index (χ1) is 12.3. The summed E-state index contributed by atoms with van der Waals surface area (Å²) in [6, 6.07) is 5.97. The molecule has 8 heteroatoms. The number of fused-ring (bicyclic) bond motifs is 3. The molecule has 2 aromatic rings. The Morgan fingerprint density at radius 2 is 1.81 bits per heavy atom. The Morgan fingerprint density at radius 1 is 1.08 bits per heavy atom. The van der Waals surface area contributed by atoms with Crippen molar-refractivity contribution in [2.45, 2.75) is 56.7 Å². The fourth-order valence-corrected chi connectivity index (χ4v) is 4.60. The number of rotatable bonds is 1. The Balaban J connectivity index is 1.69. The van der Waals surface area contributed by atoms with E-state index in [-0.39, 0.29) is 24.8 Å². The second-order valence-corrected chi connectivity index (χ2v) is 8.26. The molecule has 1 aromatic carbocycles. The number of nitrogens with zero attached hydrogens (tertiary/aromatic N) is 3. The second kappa shape index (κ2) is 6.64. The van der Waals surface area contributed by atoms with E-state index < -0.39 is 12.1 Å². The predicted molar refractivity (Wildman–Crippen MR) is 95.2 cm³/mol. The van der Waals surface area contributed by atoms with Crippen LogP contribution in [0.4, 0.5) is 13.2 Å². The van der Waals surface area contributed by atoms with Crippen molar-refractivity contribution >= 4 is 15.9 Å². The van der Waals surface area contributed by atoms with Crippen LogP contribution in [-0.2, 0) is 12.8 Å². The van der Waals surface area contributed by atoms with E-state index in [1.54, 1.807) is 0 Å². The minimum atomic E-state index is -4.10. The first kappa shape index (κ1) is 18.0. The summed E-state index contributed by atoms with van der Waals surface area (Å²) in [4.78, 5) is 0. The highest BCUT2D eigenvalue weighted by Crippen LogP contribution is 2.43. The number of aromatic nitrogens is 3. The Labute approximate surface area is 158 Å². The summed E-state index contributed by atoms with van der Waals surface area (Å²) in [7, 11) is 0. The third-order valence-corrected chi connectivity index (χ3v) is 6.01. The average Bonchev–Trinajstić information content (AvgIpc) is 2.91. The molecule has 4 nitrogen and oxygen atoms in total. The summed E-state index contributed by atoms with van der Waals surface area (Å²) in [5, 5.41) is 8.70. The van der Waals surface area contributed by atoms with Crippen molar-refractivity contribution in [3.8, 4) is 5.69 Å². The van der Waals surface area contributed by atoms with Crippen LogP contribution < -0.4 is 5.73 Å². The van der Waals surface area contributed by atoms with Crippen molar-refractivity contribution in [3.05, 3.63) is 39.9 Å². The van der Waals surface area contributed by atoms with Gasteiger partial charge in [-0.3, -0.25) is 4.57 Å². The summed E-state index contributed by atoms with van der Waals surface area (Å²) in [6.45, 7) is 0. The average molecular weight is 429 g/mol. The third-order valence-electron chi connectivity index (χ3n) is 5.52. The van der Waals surface area contributed by atoms with Gasteiger partial charge in [-0.05, 0) is 55.9 Å². The van der Waals surface area contributed by atoms with E-state index in [1.807, 2.05) is 16.7 Å². The highest BCUT2D eigenvalue weighted by atomic mass is 79.9. The van der Waals surface area contributed by atoms with Crippen molar-refractivity contribution in [3.63, 3.8) is 0 Å². The molecule has 0 radical (unpaired) electrons. The fraction of sp³-hybridized carbons (Fsp3) is 0.556. The maximum atomic E-state index is 13.0. The standard InChI is InChI=1S/C18H20BrF3N4/c19-13-5-6-15-11(7-13)8-14(23)9-16-24-25-17(26(15)16)10-1-3-12(4-2-10)18(20,21)22/h5-7,10,12,14H,1-4,8-9,23H2. The van der Waals surface area contributed by atoms with Gasteiger partial charge in [0.2, 0.25) is 0 Å². The van der Waals surface area contributed by atoms with Gasteiger partial charge in [0.15, 0.2) is 0 Å². The molecule has 1 fully saturated rings. The van der Waals surface area contributed by atoms with Crippen LogP contribution in [0.5, 0.6) is 0 Å². The molecule has 1 atom stereocenters. The van der Waals surface area contributed by atoms with Gasteiger partial charge in [-0.2, -0.15) is 13.2 Å². The smallest absolute Gasteiger partial charge is 0.327 e. The van der Waals surface area contributed by atoms with E-state index >= 15 is 0 Å². The van der Waals surface area contributed by atoms with Gasteiger partial charge in [-0.1, -0.05) is 15.9 Å². The van der Waals surface area contributed by atoms with Gasteiger partial charge in [0.05, 0.1) is 11.6 Å². The summed E-state index contributed by atoms with van der Waals surface area (Å²) < 4.78 is 41.9. The highest BCUT2D eigenvalue weighted by Gasteiger charge is 2.42. The molecular formula is C18H20BrF3N4. The van der Waals surface area contributed by atoms with E-state index in [9.17, 15) is 13.2 Å². The van der Waals surface area contributed by atoms with Gasteiger partial charge >= 0.3 is 6.18 Å². The number of benzene rings is 1. The topological polar surface area (TPSA) is 56.7 Å². The molecule has 2 N–H and O–H groups in total. The molecular weight excluding hydrogens is 409 g/mol. The Hall–Kier alpha value is -1.41. The molecule has 0 spiro atoms. The number of hydrogen-bond acceptors (Lipinski definition) is 3. The zero-order valence-corrected chi connectivity index (χ0v) is 15.7. The largest absolute Gasteiger partial charge is 0.391 e. The van der Waals surface area contributed by atoms with E-state index in [0.29, 0.717) is 19.3 Å². The molecule has 26 heavy (non-hydrogen) atoms. The molecule has 4 rings (SSSR count). The number of halogens is 4. The molecule has 1 aromatic heterocycles. The molecule has 1 unspecified atom stereocenters. The summed E-state index contributed by atoms with van der Waals surface area (Å²) in [6.07, 6.45) is -1.47. The highest BCUT2D eigenvalue weighted by molar-refractivity contribution is 9.10. The summed E-state index contributed by atoms with van der Waals surface area (Å²) in [5.74, 6) is 0.382.